The molecule has 0 bridgehead atoms. The van der Waals surface area contributed by atoms with Crippen molar-refractivity contribution in [3.05, 3.63) is 28.4 Å². The maximum Gasteiger partial charge on any atom is 0.311 e. The highest BCUT2D eigenvalue weighted by atomic mass is 16.6. The fourth-order valence-electron chi connectivity index (χ4n) is 2.40. The Morgan fingerprint density at radius 3 is 3.16 bits per heavy atom. The number of nitrogens with zero attached hydrogens (tertiary/aromatic N) is 2. The zero-order valence-corrected chi connectivity index (χ0v) is 10.9. The molecule has 1 aliphatic rings. The Balaban J connectivity index is 2.07. The number of aromatic nitrogens is 1. The Labute approximate surface area is 111 Å². The van der Waals surface area contributed by atoms with Gasteiger partial charge in [-0.2, -0.15) is 0 Å². The molecule has 1 aromatic rings. The van der Waals surface area contributed by atoms with Crippen LogP contribution >= 0.6 is 0 Å². The van der Waals surface area contributed by atoms with Crippen LogP contribution < -0.4 is 10.6 Å². The molecule has 2 rings (SSSR count). The molecule has 1 fully saturated rings. The molecule has 0 amide bonds. The van der Waals surface area contributed by atoms with Gasteiger partial charge in [-0.1, -0.05) is 0 Å². The quantitative estimate of drug-likeness (QED) is 0.593. The van der Waals surface area contributed by atoms with Crippen LogP contribution in [0.5, 0.6) is 0 Å². The van der Waals surface area contributed by atoms with Gasteiger partial charge in [-0.3, -0.25) is 10.1 Å². The van der Waals surface area contributed by atoms with Crippen molar-refractivity contribution in [1.82, 2.24) is 10.3 Å². The third-order valence-corrected chi connectivity index (χ3v) is 3.33. The molecule has 2 heterocycles. The molecular formula is C12H18N4O3. The molecule has 0 saturated carbocycles. The number of hydrogen-bond donors (Lipinski definition) is 2. The van der Waals surface area contributed by atoms with Crippen molar-refractivity contribution in [3.8, 4) is 0 Å². The normalized spacial score (nSPS) is 22.4. The molecular weight excluding hydrogens is 248 g/mol. The fourth-order valence-corrected chi connectivity index (χ4v) is 2.40. The van der Waals surface area contributed by atoms with E-state index in [1.54, 1.807) is 19.4 Å². The summed E-state index contributed by atoms with van der Waals surface area (Å²) < 4.78 is 5.24. The summed E-state index contributed by atoms with van der Waals surface area (Å²) in [6, 6.07) is 3.00. The molecule has 0 aromatic carbocycles. The lowest BCUT2D eigenvalue weighted by Crippen LogP contribution is -2.49. The fraction of sp³-hybridized carbons (Fsp3) is 0.583. The van der Waals surface area contributed by atoms with Crippen LogP contribution in [-0.4, -0.2) is 42.3 Å². The Kier molecular flexibility index (Phi) is 4.28. The van der Waals surface area contributed by atoms with Crippen molar-refractivity contribution >= 4 is 11.5 Å². The SMILES string of the molecule is COCC1(CNc2ncccc2[N+](=O)[O-])CCCN1. The number of hydrogen-bond acceptors (Lipinski definition) is 6. The first-order chi connectivity index (χ1) is 9.17. The Hall–Kier alpha value is -1.73. The summed E-state index contributed by atoms with van der Waals surface area (Å²) >= 11 is 0. The number of pyridine rings is 1. The maximum absolute atomic E-state index is 10.9. The minimum atomic E-state index is -0.430. The lowest BCUT2D eigenvalue weighted by atomic mass is 9.98. The molecule has 1 atom stereocenters. The first kappa shape index (κ1) is 13.7. The van der Waals surface area contributed by atoms with Gasteiger partial charge in [0, 0.05) is 25.9 Å². The largest absolute Gasteiger partial charge is 0.383 e. The van der Waals surface area contributed by atoms with E-state index in [0.717, 1.165) is 19.4 Å². The van der Waals surface area contributed by atoms with E-state index in [4.69, 9.17) is 4.74 Å². The Morgan fingerprint density at radius 1 is 1.68 bits per heavy atom. The van der Waals surface area contributed by atoms with Gasteiger partial charge in [-0.15, -0.1) is 0 Å². The number of methoxy groups -OCH3 is 1. The zero-order valence-electron chi connectivity index (χ0n) is 10.9. The predicted molar refractivity (Wildman–Crippen MR) is 71.2 cm³/mol. The molecule has 1 unspecified atom stereocenters. The van der Waals surface area contributed by atoms with Crippen molar-refractivity contribution in [2.75, 3.05) is 32.1 Å². The summed E-state index contributed by atoms with van der Waals surface area (Å²) in [7, 11) is 1.66. The lowest BCUT2D eigenvalue weighted by Gasteiger charge is -2.29. The van der Waals surface area contributed by atoms with Gasteiger partial charge in [0.2, 0.25) is 5.82 Å². The van der Waals surface area contributed by atoms with Gasteiger partial charge in [-0.05, 0) is 25.5 Å². The van der Waals surface area contributed by atoms with Gasteiger partial charge in [0.05, 0.1) is 17.1 Å². The highest BCUT2D eigenvalue weighted by Crippen LogP contribution is 2.24. The minimum Gasteiger partial charge on any atom is -0.383 e. The molecule has 1 saturated heterocycles. The van der Waals surface area contributed by atoms with Crippen LogP contribution in [0, 0.1) is 10.1 Å². The van der Waals surface area contributed by atoms with Crippen molar-refractivity contribution in [1.29, 1.82) is 0 Å². The van der Waals surface area contributed by atoms with E-state index >= 15 is 0 Å². The highest BCUT2D eigenvalue weighted by molar-refractivity contribution is 5.55. The van der Waals surface area contributed by atoms with E-state index in [2.05, 4.69) is 15.6 Å². The summed E-state index contributed by atoms with van der Waals surface area (Å²) in [6.07, 6.45) is 3.60. The van der Waals surface area contributed by atoms with E-state index in [-0.39, 0.29) is 11.2 Å². The first-order valence-corrected chi connectivity index (χ1v) is 6.24. The highest BCUT2D eigenvalue weighted by Gasteiger charge is 2.33. The van der Waals surface area contributed by atoms with Crippen LogP contribution in [0.4, 0.5) is 11.5 Å². The number of nitro groups is 1. The van der Waals surface area contributed by atoms with E-state index in [0.29, 0.717) is 19.0 Å². The molecule has 0 radical (unpaired) electrons. The number of anilines is 1. The van der Waals surface area contributed by atoms with E-state index in [9.17, 15) is 10.1 Å². The van der Waals surface area contributed by atoms with Crippen LogP contribution in [0.15, 0.2) is 18.3 Å². The lowest BCUT2D eigenvalue weighted by molar-refractivity contribution is -0.384. The minimum absolute atomic E-state index is 0.00642. The maximum atomic E-state index is 10.9. The van der Waals surface area contributed by atoms with Gasteiger partial charge in [0.15, 0.2) is 0 Å². The Morgan fingerprint density at radius 2 is 2.53 bits per heavy atom. The number of ether oxygens (including phenoxy) is 1. The second-order valence-electron chi connectivity index (χ2n) is 4.73. The van der Waals surface area contributed by atoms with Crippen LogP contribution in [0.1, 0.15) is 12.8 Å². The predicted octanol–water partition coefficient (Wildman–Crippen LogP) is 1.17. The molecule has 1 aromatic heterocycles. The average Bonchev–Trinajstić information content (AvgIpc) is 2.86. The van der Waals surface area contributed by atoms with E-state index < -0.39 is 4.92 Å². The molecule has 1 aliphatic heterocycles. The molecule has 19 heavy (non-hydrogen) atoms. The summed E-state index contributed by atoms with van der Waals surface area (Å²) in [5, 5.41) is 17.4. The van der Waals surface area contributed by atoms with Gasteiger partial charge < -0.3 is 15.4 Å². The second kappa shape index (κ2) is 5.94. The second-order valence-corrected chi connectivity index (χ2v) is 4.73. The summed E-state index contributed by atoms with van der Waals surface area (Å²) in [4.78, 5) is 14.5. The molecule has 7 nitrogen and oxygen atoms in total. The number of rotatable bonds is 6. The first-order valence-electron chi connectivity index (χ1n) is 6.24. The van der Waals surface area contributed by atoms with Gasteiger partial charge in [0.25, 0.3) is 0 Å². The van der Waals surface area contributed by atoms with Crippen molar-refractivity contribution in [2.45, 2.75) is 18.4 Å². The third kappa shape index (κ3) is 3.18. The summed E-state index contributed by atoms with van der Waals surface area (Å²) in [5.41, 5.74) is -0.173. The van der Waals surface area contributed by atoms with Crippen molar-refractivity contribution in [3.63, 3.8) is 0 Å². The molecule has 2 N–H and O–H groups in total. The van der Waals surface area contributed by atoms with Gasteiger partial charge in [-0.25, -0.2) is 4.98 Å². The van der Waals surface area contributed by atoms with Crippen LogP contribution in [0.2, 0.25) is 0 Å². The number of nitrogens with one attached hydrogen (secondary N) is 2. The molecule has 0 spiro atoms. The van der Waals surface area contributed by atoms with Crippen LogP contribution in [0.25, 0.3) is 0 Å². The average molecular weight is 266 g/mol. The monoisotopic (exact) mass is 266 g/mol. The summed E-state index contributed by atoms with van der Waals surface area (Å²) in [5.74, 6) is 0.302. The smallest absolute Gasteiger partial charge is 0.311 e. The van der Waals surface area contributed by atoms with Crippen molar-refractivity contribution in [2.24, 2.45) is 0 Å². The van der Waals surface area contributed by atoms with Crippen molar-refractivity contribution < 1.29 is 9.66 Å². The van der Waals surface area contributed by atoms with Gasteiger partial charge in [0.1, 0.15) is 0 Å². The van der Waals surface area contributed by atoms with Crippen LogP contribution in [0.3, 0.4) is 0 Å². The third-order valence-electron chi connectivity index (χ3n) is 3.33. The van der Waals surface area contributed by atoms with E-state index in [1.165, 1.54) is 6.07 Å². The van der Waals surface area contributed by atoms with Gasteiger partial charge >= 0.3 is 5.69 Å². The molecule has 104 valence electrons. The summed E-state index contributed by atoms with van der Waals surface area (Å²) in [6.45, 7) is 2.06. The zero-order chi connectivity index (χ0) is 13.7. The van der Waals surface area contributed by atoms with Crippen LogP contribution in [-0.2, 0) is 4.74 Å². The molecule has 7 heteroatoms. The molecule has 0 aliphatic carbocycles. The van der Waals surface area contributed by atoms with E-state index in [1.807, 2.05) is 0 Å². The standard InChI is InChI=1S/C12H18N4O3/c1-19-9-12(5-3-7-15-12)8-14-11-10(16(17)18)4-2-6-13-11/h2,4,6,15H,3,5,7-9H2,1H3,(H,13,14). The topological polar surface area (TPSA) is 89.3 Å². The Bertz CT molecular complexity index is 446.